The fraction of sp³-hybridized carbons (Fsp3) is 0.517. The van der Waals surface area contributed by atoms with Crippen LogP contribution in [0.25, 0.3) is 0 Å². The van der Waals surface area contributed by atoms with Gasteiger partial charge in [0, 0.05) is 23.7 Å². The van der Waals surface area contributed by atoms with Crippen LogP contribution in [0.4, 0.5) is 28.9 Å². The van der Waals surface area contributed by atoms with Crippen molar-refractivity contribution in [3.63, 3.8) is 0 Å². The van der Waals surface area contributed by atoms with Crippen molar-refractivity contribution in [2.75, 3.05) is 17.2 Å². The Morgan fingerprint density at radius 3 is 2.15 bits per heavy atom. The molecule has 6 nitrogen and oxygen atoms in total. The normalized spacial score (nSPS) is 13.1. The average Bonchev–Trinajstić information content (AvgIpc) is 2.87. The molecule has 1 atom stereocenters. The maximum atomic E-state index is 13.1. The molecule has 0 aliphatic rings. The van der Waals surface area contributed by atoms with E-state index in [1.165, 1.54) is 11.6 Å². The highest BCUT2D eigenvalue weighted by molar-refractivity contribution is 5.97. The predicted octanol–water partition coefficient (Wildman–Crippen LogP) is 7.40. The van der Waals surface area contributed by atoms with Gasteiger partial charge in [-0.1, -0.05) is 53.7 Å². The second kappa shape index (κ2) is 12.7. The number of nitrogens with one attached hydrogen (secondary N) is 2. The fourth-order valence-electron chi connectivity index (χ4n) is 3.70. The first kappa shape index (κ1) is 31.9. The van der Waals surface area contributed by atoms with Crippen LogP contribution < -0.4 is 15.4 Å². The molecule has 0 aliphatic heterocycles. The van der Waals surface area contributed by atoms with Crippen molar-refractivity contribution < 1.29 is 37.0 Å². The van der Waals surface area contributed by atoms with Gasteiger partial charge in [-0.25, -0.2) is 4.39 Å². The van der Waals surface area contributed by atoms with Crippen molar-refractivity contribution in [1.29, 1.82) is 0 Å². The number of rotatable bonds is 12. The van der Waals surface area contributed by atoms with Gasteiger partial charge in [-0.2, -0.15) is 13.2 Å². The molecular weight excluding hydrogens is 516 g/mol. The Balaban J connectivity index is 1.96. The summed E-state index contributed by atoms with van der Waals surface area (Å²) in [5.41, 5.74) is 2.03. The maximum absolute atomic E-state index is 13.1. The monoisotopic (exact) mass is 554 g/mol. The lowest BCUT2D eigenvalue weighted by Crippen LogP contribution is -2.36. The number of halogens is 4. The van der Waals surface area contributed by atoms with Gasteiger partial charge in [-0.05, 0) is 53.9 Å². The molecule has 0 radical (unpaired) electrons. The summed E-state index contributed by atoms with van der Waals surface area (Å²) in [6.45, 7) is 13.4. The summed E-state index contributed by atoms with van der Waals surface area (Å²) in [6, 6.07) is 9.66. The molecule has 0 bridgehead atoms. The number of carbonyl (C=O) groups is 2. The molecule has 10 heteroatoms. The molecule has 2 aromatic carbocycles. The third-order valence-electron chi connectivity index (χ3n) is 7.12. The number of hydrogen-bond acceptors (Lipinski definition) is 4. The van der Waals surface area contributed by atoms with Crippen LogP contribution in [0.5, 0.6) is 11.5 Å². The zero-order valence-corrected chi connectivity index (χ0v) is 23.3. The molecule has 216 valence electrons. The first-order chi connectivity index (χ1) is 18.0. The minimum atomic E-state index is -5.36. The number of carbonyl (C=O) groups excluding carboxylic acids is 2. The summed E-state index contributed by atoms with van der Waals surface area (Å²) < 4.78 is 56.2. The Bertz CT molecular complexity index is 1160. The standard InChI is InChI=1S/C29H38F4N2O4/c1-7-27(3,4)18-11-14-23(20(16-18)28(5,6)8-2)39-15-9-10-24(37)34-19-12-13-21(22(36)17-19)35-26(38)25(30)29(31,32)33/h11-14,16-17,25,36H,7-10,15H2,1-6H3,(H,34,37)(H,35,38). The number of aromatic hydroxyl groups is 1. The van der Waals surface area contributed by atoms with Crippen LogP contribution in [-0.4, -0.2) is 35.9 Å². The number of anilines is 2. The van der Waals surface area contributed by atoms with Crippen molar-refractivity contribution >= 4 is 23.2 Å². The second-order valence-corrected chi connectivity index (χ2v) is 10.8. The molecule has 1 unspecified atom stereocenters. The lowest BCUT2D eigenvalue weighted by atomic mass is 9.76. The minimum Gasteiger partial charge on any atom is -0.506 e. The molecule has 0 saturated carbocycles. The van der Waals surface area contributed by atoms with E-state index in [1.807, 2.05) is 6.07 Å². The molecule has 2 amide bonds. The molecule has 0 aromatic heterocycles. The quantitative estimate of drug-likeness (QED) is 0.145. The average molecular weight is 555 g/mol. The molecule has 0 heterocycles. The summed E-state index contributed by atoms with van der Waals surface area (Å²) >= 11 is 0. The van der Waals surface area contributed by atoms with Crippen LogP contribution in [0, 0.1) is 0 Å². The van der Waals surface area contributed by atoms with E-state index in [-0.39, 0.29) is 28.8 Å². The number of benzene rings is 2. The van der Waals surface area contributed by atoms with Gasteiger partial charge in [-0.3, -0.25) is 9.59 Å². The fourth-order valence-corrected chi connectivity index (χ4v) is 3.70. The van der Waals surface area contributed by atoms with Crippen LogP contribution in [0.2, 0.25) is 0 Å². The molecule has 2 rings (SSSR count). The van der Waals surface area contributed by atoms with Crippen LogP contribution in [0.15, 0.2) is 36.4 Å². The number of phenols is 1. The van der Waals surface area contributed by atoms with Gasteiger partial charge in [0.15, 0.2) is 0 Å². The van der Waals surface area contributed by atoms with Crippen molar-refractivity contribution in [3.8, 4) is 11.5 Å². The van der Waals surface area contributed by atoms with Gasteiger partial charge >= 0.3 is 6.18 Å². The van der Waals surface area contributed by atoms with Gasteiger partial charge in [0.2, 0.25) is 5.91 Å². The van der Waals surface area contributed by atoms with Gasteiger partial charge in [0.05, 0.1) is 12.3 Å². The van der Waals surface area contributed by atoms with Crippen molar-refractivity contribution in [2.45, 2.75) is 90.4 Å². The van der Waals surface area contributed by atoms with Crippen LogP contribution in [0.1, 0.15) is 78.4 Å². The van der Waals surface area contributed by atoms with E-state index in [1.54, 1.807) is 5.32 Å². The highest BCUT2D eigenvalue weighted by Crippen LogP contribution is 2.38. The number of alkyl halides is 4. The highest BCUT2D eigenvalue weighted by Gasteiger charge is 2.45. The molecule has 2 aromatic rings. The number of hydrogen-bond donors (Lipinski definition) is 3. The van der Waals surface area contributed by atoms with E-state index >= 15 is 0 Å². The Labute approximate surface area is 227 Å². The third kappa shape index (κ3) is 8.60. The minimum absolute atomic E-state index is 0.0339. The van der Waals surface area contributed by atoms with Crippen molar-refractivity contribution in [2.24, 2.45) is 0 Å². The SMILES string of the molecule is CCC(C)(C)c1ccc(OCCCC(=O)Nc2ccc(NC(=O)C(F)C(F)(F)F)c(O)c2)c(C(C)(C)CC)c1. The first-order valence-electron chi connectivity index (χ1n) is 12.9. The summed E-state index contributed by atoms with van der Waals surface area (Å²) in [5.74, 6) is -2.17. The van der Waals surface area contributed by atoms with E-state index in [4.69, 9.17) is 4.74 Å². The van der Waals surface area contributed by atoms with Gasteiger partial charge in [0.25, 0.3) is 12.1 Å². The van der Waals surface area contributed by atoms with Crippen molar-refractivity contribution in [1.82, 2.24) is 0 Å². The van der Waals surface area contributed by atoms with Crippen LogP contribution in [0.3, 0.4) is 0 Å². The zero-order chi connectivity index (χ0) is 29.6. The van der Waals surface area contributed by atoms with Gasteiger partial charge in [0.1, 0.15) is 11.5 Å². The lowest BCUT2D eigenvalue weighted by molar-refractivity contribution is -0.183. The summed E-state index contributed by atoms with van der Waals surface area (Å²) in [6.07, 6.45) is -6.64. The number of ether oxygens (including phenoxy) is 1. The Morgan fingerprint density at radius 1 is 0.949 bits per heavy atom. The number of amides is 2. The third-order valence-corrected chi connectivity index (χ3v) is 7.12. The Morgan fingerprint density at radius 2 is 1.59 bits per heavy atom. The smallest absolute Gasteiger partial charge is 0.428 e. The Hall–Kier alpha value is -3.30. The lowest BCUT2D eigenvalue weighted by Gasteiger charge is -2.30. The largest absolute Gasteiger partial charge is 0.506 e. The molecule has 39 heavy (non-hydrogen) atoms. The molecule has 0 spiro atoms. The molecular formula is C29H38F4N2O4. The molecule has 3 N–H and O–H groups in total. The van der Waals surface area contributed by atoms with Crippen LogP contribution in [-0.2, 0) is 20.4 Å². The van der Waals surface area contributed by atoms with Gasteiger partial charge < -0.3 is 20.5 Å². The Kier molecular flexibility index (Phi) is 10.4. The summed E-state index contributed by atoms with van der Waals surface area (Å²) in [7, 11) is 0. The van der Waals surface area contributed by atoms with Crippen LogP contribution >= 0.6 is 0 Å². The predicted molar refractivity (Wildman–Crippen MR) is 144 cm³/mol. The molecule has 0 saturated heterocycles. The molecule has 0 aliphatic carbocycles. The topological polar surface area (TPSA) is 87.7 Å². The highest BCUT2D eigenvalue weighted by atomic mass is 19.4. The summed E-state index contributed by atoms with van der Waals surface area (Å²) in [4.78, 5) is 23.8. The zero-order valence-electron chi connectivity index (χ0n) is 23.3. The first-order valence-corrected chi connectivity index (χ1v) is 12.9. The molecule has 0 fully saturated rings. The van der Waals surface area contributed by atoms with E-state index in [0.29, 0.717) is 13.0 Å². The van der Waals surface area contributed by atoms with E-state index in [2.05, 4.69) is 59.0 Å². The van der Waals surface area contributed by atoms with Crippen molar-refractivity contribution in [3.05, 3.63) is 47.5 Å². The van der Waals surface area contributed by atoms with E-state index in [0.717, 1.165) is 36.3 Å². The maximum Gasteiger partial charge on any atom is 0.428 e. The summed E-state index contributed by atoms with van der Waals surface area (Å²) in [5, 5.41) is 14.2. The number of phenolic OH excluding ortho intramolecular Hbond substituents is 1. The van der Waals surface area contributed by atoms with Gasteiger partial charge in [-0.15, -0.1) is 0 Å². The van der Waals surface area contributed by atoms with E-state index in [9.17, 15) is 32.3 Å². The second-order valence-electron chi connectivity index (χ2n) is 10.8. The van der Waals surface area contributed by atoms with E-state index < -0.39 is 29.7 Å².